The first-order chi connectivity index (χ1) is 14.7. The Morgan fingerprint density at radius 2 is 1.71 bits per heavy atom. The third kappa shape index (κ3) is 5.41. The summed E-state index contributed by atoms with van der Waals surface area (Å²) in [7, 11) is 1.77. The number of carbonyl (C=O) groups is 2. The molecule has 0 saturated carbocycles. The van der Waals surface area contributed by atoms with Gasteiger partial charge >= 0.3 is 0 Å². The molecule has 2 heterocycles. The maximum atomic E-state index is 12.5. The summed E-state index contributed by atoms with van der Waals surface area (Å²) in [4.78, 5) is 34.2. The van der Waals surface area contributed by atoms with E-state index in [0.29, 0.717) is 30.1 Å². The first-order valence-corrected chi connectivity index (χ1v) is 11.2. The molecule has 4 rings (SSSR count). The van der Waals surface area contributed by atoms with Crippen LogP contribution < -0.4 is 5.32 Å². The number of amides is 2. The molecule has 2 aromatic rings. The summed E-state index contributed by atoms with van der Waals surface area (Å²) in [6, 6.07) is 17.5. The Morgan fingerprint density at radius 1 is 1.06 bits per heavy atom. The SMILES string of the molecule is CN=C(NCCN1C(=O)c2ccccc2C1=O)N1CCC(CSc2ccccc2)C1.I. The lowest BCUT2D eigenvalue weighted by Gasteiger charge is -2.23. The fraction of sp³-hybridized carbons (Fsp3) is 0.348. The molecule has 0 aliphatic carbocycles. The summed E-state index contributed by atoms with van der Waals surface area (Å²) >= 11 is 1.90. The van der Waals surface area contributed by atoms with Crippen LogP contribution in [0, 0.1) is 5.92 Å². The highest BCUT2D eigenvalue weighted by atomic mass is 127. The molecule has 0 bridgehead atoms. The van der Waals surface area contributed by atoms with Crippen LogP contribution in [0.4, 0.5) is 0 Å². The first kappa shape index (κ1) is 23.6. The van der Waals surface area contributed by atoms with Crippen molar-refractivity contribution in [2.45, 2.75) is 11.3 Å². The van der Waals surface area contributed by atoms with Crippen LogP contribution in [0.25, 0.3) is 0 Å². The number of fused-ring (bicyclic) bond motifs is 1. The molecule has 0 radical (unpaired) electrons. The van der Waals surface area contributed by atoms with Crippen molar-refractivity contribution < 1.29 is 9.59 Å². The monoisotopic (exact) mass is 550 g/mol. The number of hydrogen-bond donors (Lipinski definition) is 1. The zero-order valence-corrected chi connectivity index (χ0v) is 20.6. The van der Waals surface area contributed by atoms with E-state index in [1.54, 1.807) is 31.3 Å². The van der Waals surface area contributed by atoms with E-state index in [0.717, 1.165) is 31.2 Å². The second-order valence-corrected chi connectivity index (χ2v) is 8.60. The van der Waals surface area contributed by atoms with Crippen molar-refractivity contribution in [1.29, 1.82) is 0 Å². The van der Waals surface area contributed by atoms with E-state index in [2.05, 4.69) is 39.5 Å². The number of imide groups is 1. The predicted octanol–water partition coefficient (Wildman–Crippen LogP) is 3.59. The average molecular weight is 550 g/mol. The van der Waals surface area contributed by atoms with E-state index in [9.17, 15) is 9.59 Å². The van der Waals surface area contributed by atoms with Crippen molar-refractivity contribution in [1.82, 2.24) is 15.1 Å². The van der Waals surface area contributed by atoms with Crippen LogP contribution in [0.2, 0.25) is 0 Å². The molecule has 8 heteroatoms. The second-order valence-electron chi connectivity index (χ2n) is 7.51. The molecule has 1 atom stereocenters. The van der Waals surface area contributed by atoms with Crippen molar-refractivity contribution in [2.24, 2.45) is 10.9 Å². The topological polar surface area (TPSA) is 65.0 Å². The fourth-order valence-corrected chi connectivity index (χ4v) is 5.00. The lowest BCUT2D eigenvalue weighted by Crippen LogP contribution is -2.44. The molecule has 0 aromatic heterocycles. The lowest BCUT2D eigenvalue weighted by atomic mass is 10.1. The van der Waals surface area contributed by atoms with E-state index >= 15 is 0 Å². The molecule has 1 saturated heterocycles. The molecule has 0 spiro atoms. The van der Waals surface area contributed by atoms with Crippen molar-refractivity contribution in [3.63, 3.8) is 0 Å². The van der Waals surface area contributed by atoms with Crippen molar-refractivity contribution in [2.75, 3.05) is 39.0 Å². The Kier molecular flexibility index (Phi) is 8.36. The molecule has 31 heavy (non-hydrogen) atoms. The minimum Gasteiger partial charge on any atom is -0.354 e. The maximum absolute atomic E-state index is 12.5. The number of halogens is 1. The molecule has 1 N–H and O–H groups in total. The van der Waals surface area contributed by atoms with Crippen molar-refractivity contribution in [3.05, 3.63) is 65.7 Å². The van der Waals surface area contributed by atoms with Crippen LogP contribution >= 0.6 is 35.7 Å². The Bertz CT molecular complexity index is 919. The number of aliphatic imine (C=N–C) groups is 1. The van der Waals surface area contributed by atoms with Gasteiger partial charge in [-0.25, -0.2) is 0 Å². The van der Waals surface area contributed by atoms with Gasteiger partial charge in [-0.2, -0.15) is 0 Å². The zero-order valence-electron chi connectivity index (χ0n) is 17.5. The molecule has 2 aliphatic rings. The van der Waals surface area contributed by atoms with E-state index < -0.39 is 0 Å². The second kappa shape index (κ2) is 11.0. The smallest absolute Gasteiger partial charge is 0.261 e. The number of likely N-dealkylation sites (tertiary alicyclic amines) is 1. The van der Waals surface area contributed by atoms with Crippen LogP contribution in [0.3, 0.4) is 0 Å². The predicted molar refractivity (Wildman–Crippen MR) is 135 cm³/mol. The van der Waals surface area contributed by atoms with Gasteiger partial charge in [-0.15, -0.1) is 35.7 Å². The Hall–Kier alpha value is -2.07. The summed E-state index contributed by atoms with van der Waals surface area (Å²) in [6.45, 7) is 2.74. The summed E-state index contributed by atoms with van der Waals surface area (Å²) in [5.74, 6) is 2.11. The van der Waals surface area contributed by atoms with Crippen LogP contribution in [-0.4, -0.2) is 66.6 Å². The number of hydrogen-bond acceptors (Lipinski definition) is 4. The zero-order chi connectivity index (χ0) is 20.9. The highest BCUT2D eigenvalue weighted by Crippen LogP contribution is 2.26. The summed E-state index contributed by atoms with van der Waals surface area (Å²) in [6.07, 6.45) is 1.14. The minimum atomic E-state index is -0.216. The van der Waals surface area contributed by atoms with E-state index in [-0.39, 0.29) is 35.8 Å². The van der Waals surface area contributed by atoms with Gasteiger partial charge in [0.25, 0.3) is 11.8 Å². The quantitative estimate of drug-likeness (QED) is 0.196. The van der Waals surface area contributed by atoms with Crippen LogP contribution in [0.5, 0.6) is 0 Å². The minimum absolute atomic E-state index is 0. The van der Waals surface area contributed by atoms with E-state index in [4.69, 9.17) is 0 Å². The standard InChI is InChI=1S/C23H26N4O2S.HI/c1-24-23(26-13-11-17(15-26)16-30-18-7-3-2-4-8-18)25-12-14-27-21(28)19-9-5-6-10-20(19)22(27)29;/h2-10,17H,11-16H2,1H3,(H,24,25);1H. The first-order valence-electron chi connectivity index (χ1n) is 10.3. The number of rotatable bonds is 6. The maximum Gasteiger partial charge on any atom is 0.261 e. The molecule has 2 amide bonds. The van der Waals surface area contributed by atoms with Gasteiger partial charge in [0.05, 0.1) is 11.1 Å². The number of benzene rings is 2. The van der Waals surface area contributed by atoms with Gasteiger partial charge in [0.2, 0.25) is 0 Å². The molecule has 164 valence electrons. The van der Waals surface area contributed by atoms with Gasteiger partial charge in [0.1, 0.15) is 0 Å². The largest absolute Gasteiger partial charge is 0.354 e. The summed E-state index contributed by atoms with van der Waals surface area (Å²) < 4.78 is 0. The third-order valence-corrected chi connectivity index (χ3v) is 6.77. The number of nitrogens with zero attached hydrogens (tertiary/aromatic N) is 3. The number of carbonyl (C=O) groups excluding carboxylic acids is 2. The fourth-order valence-electron chi connectivity index (χ4n) is 3.95. The Morgan fingerprint density at radius 3 is 2.35 bits per heavy atom. The molecule has 1 fully saturated rings. The van der Waals surface area contributed by atoms with E-state index in [1.807, 2.05) is 17.8 Å². The van der Waals surface area contributed by atoms with Crippen LogP contribution in [-0.2, 0) is 0 Å². The van der Waals surface area contributed by atoms with Crippen molar-refractivity contribution >= 4 is 53.5 Å². The van der Waals surface area contributed by atoms with Crippen molar-refractivity contribution in [3.8, 4) is 0 Å². The molecule has 2 aromatic carbocycles. The molecule has 6 nitrogen and oxygen atoms in total. The highest BCUT2D eigenvalue weighted by molar-refractivity contribution is 14.0. The average Bonchev–Trinajstić information content (AvgIpc) is 3.35. The normalized spacial score (nSPS) is 18.2. The van der Waals surface area contributed by atoms with Gasteiger partial charge in [0.15, 0.2) is 5.96 Å². The lowest BCUT2D eigenvalue weighted by molar-refractivity contribution is 0.0657. The Balaban J connectivity index is 0.00000272. The number of guanidine groups is 1. The van der Waals surface area contributed by atoms with Gasteiger partial charge in [-0.05, 0) is 36.6 Å². The van der Waals surface area contributed by atoms with Crippen LogP contribution in [0.15, 0.2) is 64.5 Å². The highest BCUT2D eigenvalue weighted by Gasteiger charge is 2.34. The van der Waals surface area contributed by atoms with Gasteiger partial charge in [0, 0.05) is 43.9 Å². The molecule has 1 unspecified atom stereocenters. The molecular formula is C23H27IN4O2S. The van der Waals surface area contributed by atoms with Gasteiger partial charge < -0.3 is 10.2 Å². The third-order valence-electron chi connectivity index (χ3n) is 5.52. The van der Waals surface area contributed by atoms with Gasteiger partial charge in [-0.3, -0.25) is 19.5 Å². The number of nitrogens with one attached hydrogen (secondary N) is 1. The molecular weight excluding hydrogens is 523 g/mol. The van der Waals surface area contributed by atoms with Gasteiger partial charge in [-0.1, -0.05) is 30.3 Å². The summed E-state index contributed by atoms with van der Waals surface area (Å²) in [5.41, 5.74) is 0.982. The van der Waals surface area contributed by atoms with Crippen LogP contribution in [0.1, 0.15) is 27.1 Å². The number of thioether (sulfide) groups is 1. The summed E-state index contributed by atoms with van der Waals surface area (Å²) in [5, 5.41) is 3.32. The Labute approximate surface area is 204 Å². The molecule has 2 aliphatic heterocycles. The van der Waals surface area contributed by atoms with E-state index in [1.165, 1.54) is 9.80 Å².